The Morgan fingerprint density at radius 2 is 2.35 bits per heavy atom. The second kappa shape index (κ2) is 6.51. The van der Waals surface area contributed by atoms with Crippen molar-refractivity contribution in [3.05, 3.63) is 18.0 Å². The number of nitrogens with one attached hydrogen (secondary N) is 2. The maximum absolute atomic E-state index is 11.4. The summed E-state index contributed by atoms with van der Waals surface area (Å²) in [6, 6.07) is 0.839. The van der Waals surface area contributed by atoms with E-state index in [4.69, 9.17) is 9.63 Å². The van der Waals surface area contributed by atoms with Gasteiger partial charge in [-0.2, -0.15) is 0 Å². The van der Waals surface area contributed by atoms with Crippen molar-refractivity contribution >= 4 is 12.0 Å². The number of aliphatic carboxylic acids is 1. The van der Waals surface area contributed by atoms with E-state index < -0.39 is 12.0 Å². The number of rotatable bonds is 6. The van der Waals surface area contributed by atoms with Crippen LogP contribution in [0.15, 0.2) is 16.8 Å². The molecular weight excluding hydrogens is 226 g/mol. The maximum Gasteiger partial charge on any atom is 0.315 e. The molecule has 94 valence electrons. The lowest BCUT2D eigenvalue weighted by molar-refractivity contribution is -0.137. The van der Waals surface area contributed by atoms with Crippen molar-refractivity contribution in [2.75, 3.05) is 0 Å². The summed E-state index contributed by atoms with van der Waals surface area (Å²) in [7, 11) is 0. The van der Waals surface area contributed by atoms with E-state index in [1.54, 1.807) is 6.07 Å². The summed E-state index contributed by atoms with van der Waals surface area (Å²) in [5, 5.41) is 17.2. The highest BCUT2D eigenvalue weighted by Crippen LogP contribution is 1.98. The van der Waals surface area contributed by atoms with E-state index >= 15 is 0 Å². The van der Waals surface area contributed by atoms with Gasteiger partial charge in [-0.3, -0.25) is 4.79 Å². The molecule has 1 rings (SSSR count). The zero-order valence-corrected chi connectivity index (χ0v) is 9.47. The van der Waals surface area contributed by atoms with Gasteiger partial charge in [0.1, 0.15) is 0 Å². The van der Waals surface area contributed by atoms with E-state index in [0.717, 1.165) is 0 Å². The van der Waals surface area contributed by atoms with Crippen LogP contribution in [0.2, 0.25) is 0 Å². The molecule has 0 fully saturated rings. The summed E-state index contributed by atoms with van der Waals surface area (Å²) >= 11 is 0. The van der Waals surface area contributed by atoms with E-state index in [0.29, 0.717) is 12.2 Å². The number of amides is 2. The number of aromatic nitrogens is 1. The molecule has 7 heteroatoms. The molecule has 1 atom stereocenters. The van der Waals surface area contributed by atoms with Crippen molar-refractivity contribution in [1.29, 1.82) is 0 Å². The first-order chi connectivity index (χ1) is 8.11. The first kappa shape index (κ1) is 13.0. The number of carbonyl (C=O) groups is 2. The van der Waals surface area contributed by atoms with Crippen LogP contribution in [0.1, 0.15) is 25.5 Å². The van der Waals surface area contributed by atoms with Gasteiger partial charge >= 0.3 is 12.0 Å². The fourth-order valence-electron chi connectivity index (χ4n) is 1.25. The van der Waals surface area contributed by atoms with Crippen molar-refractivity contribution in [2.24, 2.45) is 0 Å². The van der Waals surface area contributed by atoms with Crippen molar-refractivity contribution in [1.82, 2.24) is 15.8 Å². The molecule has 0 bridgehead atoms. The molecule has 7 nitrogen and oxygen atoms in total. The van der Waals surface area contributed by atoms with Crippen LogP contribution >= 0.6 is 0 Å². The molecule has 0 radical (unpaired) electrons. The molecule has 0 aromatic carbocycles. The number of hydrogen-bond acceptors (Lipinski definition) is 4. The predicted octanol–water partition coefficient (Wildman–Crippen LogP) is 0.727. The Balaban J connectivity index is 2.30. The van der Waals surface area contributed by atoms with Crippen LogP contribution in [0.4, 0.5) is 4.79 Å². The van der Waals surface area contributed by atoms with Crippen molar-refractivity contribution in [3.63, 3.8) is 0 Å². The van der Waals surface area contributed by atoms with Gasteiger partial charge in [0, 0.05) is 12.1 Å². The van der Waals surface area contributed by atoms with Crippen LogP contribution in [0.25, 0.3) is 0 Å². The van der Waals surface area contributed by atoms with Gasteiger partial charge in [-0.15, -0.1) is 0 Å². The lowest BCUT2D eigenvalue weighted by Gasteiger charge is -2.14. The number of nitrogens with zero attached hydrogens (tertiary/aromatic N) is 1. The molecule has 0 aliphatic carbocycles. The average molecular weight is 241 g/mol. The third-order valence-electron chi connectivity index (χ3n) is 2.16. The second-order valence-electron chi connectivity index (χ2n) is 3.51. The Hall–Kier alpha value is -2.05. The molecule has 0 aliphatic heterocycles. The number of urea groups is 1. The molecule has 0 spiro atoms. The van der Waals surface area contributed by atoms with E-state index in [2.05, 4.69) is 15.8 Å². The highest BCUT2D eigenvalue weighted by molar-refractivity contribution is 5.75. The Bertz CT molecular complexity index is 364. The number of carboxylic acid groups (broad SMARTS) is 1. The highest BCUT2D eigenvalue weighted by atomic mass is 16.5. The lowest BCUT2D eigenvalue weighted by Crippen LogP contribution is -2.42. The highest BCUT2D eigenvalue weighted by Gasteiger charge is 2.13. The standard InChI is InChI=1S/C10H15N3O4/c1-2-7(5-9(14)15)13-10(16)11-6-8-3-4-12-17-8/h3-4,7H,2,5-6H2,1H3,(H,14,15)(H2,11,13,16). The lowest BCUT2D eigenvalue weighted by atomic mass is 10.1. The Kier molecular flexibility index (Phi) is 4.99. The van der Waals surface area contributed by atoms with E-state index in [9.17, 15) is 9.59 Å². The third kappa shape index (κ3) is 5.01. The first-order valence-corrected chi connectivity index (χ1v) is 5.27. The predicted molar refractivity (Wildman–Crippen MR) is 58.2 cm³/mol. The molecule has 0 aliphatic rings. The van der Waals surface area contributed by atoms with Crippen LogP contribution < -0.4 is 10.6 Å². The second-order valence-corrected chi connectivity index (χ2v) is 3.51. The third-order valence-corrected chi connectivity index (χ3v) is 2.16. The Labute approximate surface area is 98.2 Å². The summed E-state index contributed by atoms with van der Waals surface area (Å²) in [5.41, 5.74) is 0. The SMILES string of the molecule is CCC(CC(=O)O)NC(=O)NCc1ccno1. The molecule has 1 heterocycles. The van der Waals surface area contributed by atoms with Crippen LogP contribution in [0, 0.1) is 0 Å². The minimum atomic E-state index is -0.938. The monoisotopic (exact) mass is 241 g/mol. The van der Waals surface area contributed by atoms with Gasteiger partial charge in [-0.1, -0.05) is 12.1 Å². The summed E-state index contributed by atoms with van der Waals surface area (Å²) in [6.45, 7) is 2.03. The Morgan fingerprint density at radius 1 is 1.59 bits per heavy atom. The van der Waals surface area contributed by atoms with Gasteiger partial charge < -0.3 is 20.3 Å². The molecule has 1 aromatic rings. The molecule has 2 amide bonds. The van der Waals surface area contributed by atoms with Crippen molar-refractivity contribution < 1.29 is 19.2 Å². The van der Waals surface area contributed by atoms with E-state index in [-0.39, 0.29) is 19.0 Å². The smallest absolute Gasteiger partial charge is 0.315 e. The maximum atomic E-state index is 11.4. The van der Waals surface area contributed by atoms with Gasteiger partial charge in [-0.05, 0) is 6.42 Å². The summed E-state index contributed by atoms with van der Waals surface area (Å²) < 4.78 is 4.79. The minimum absolute atomic E-state index is 0.0910. The van der Waals surface area contributed by atoms with Gasteiger partial charge in [0.2, 0.25) is 0 Å². The van der Waals surface area contributed by atoms with Crippen molar-refractivity contribution in [2.45, 2.75) is 32.4 Å². The molecule has 0 saturated heterocycles. The van der Waals surface area contributed by atoms with Gasteiger partial charge in [0.15, 0.2) is 5.76 Å². The molecular formula is C10H15N3O4. The molecule has 0 saturated carbocycles. The fourth-order valence-corrected chi connectivity index (χ4v) is 1.25. The summed E-state index contributed by atoms with van der Waals surface area (Å²) in [4.78, 5) is 21.9. The van der Waals surface area contributed by atoms with Crippen LogP contribution in [0.3, 0.4) is 0 Å². The van der Waals surface area contributed by atoms with E-state index in [1.807, 2.05) is 6.92 Å². The molecule has 3 N–H and O–H groups in total. The average Bonchev–Trinajstić information content (AvgIpc) is 2.77. The quantitative estimate of drug-likeness (QED) is 0.681. The normalized spacial score (nSPS) is 11.8. The van der Waals surface area contributed by atoms with E-state index in [1.165, 1.54) is 6.20 Å². The van der Waals surface area contributed by atoms with Gasteiger partial charge in [-0.25, -0.2) is 4.79 Å². The Morgan fingerprint density at radius 3 is 2.88 bits per heavy atom. The van der Waals surface area contributed by atoms with Crippen LogP contribution in [-0.2, 0) is 11.3 Å². The van der Waals surface area contributed by atoms with Crippen molar-refractivity contribution in [3.8, 4) is 0 Å². The summed E-state index contributed by atoms with van der Waals surface area (Å²) in [5.74, 6) is -0.404. The van der Waals surface area contributed by atoms with Crippen LogP contribution in [-0.4, -0.2) is 28.3 Å². The topological polar surface area (TPSA) is 104 Å². The van der Waals surface area contributed by atoms with Gasteiger partial charge in [0.25, 0.3) is 0 Å². The number of carbonyl (C=O) groups excluding carboxylic acids is 1. The zero-order valence-electron chi connectivity index (χ0n) is 9.47. The minimum Gasteiger partial charge on any atom is -0.481 e. The largest absolute Gasteiger partial charge is 0.481 e. The first-order valence-electron chi connectivity index (χ1n) is 5.27. The molecule has 1 aromatic heterocycles. The number of hydrogen-bond donors (Lipinski definition) is 3. The molecule has 17 heavy (non-hydrogen) atoms. The van der Waals surface area contributed by atoms with Gasteiger partial charge in [0.05, 0.1) is 19.2 Å². The van der Waals surface area contributed by atoms with Crippen LogP contribution in [0.5, 0.6) is 0 Å². The molecule has 1 unspecified atom stereocenters. The fraction of sp³-hybridized carbons (Fsp3) is 0.500. The summed E-state index contributed by atoms with van der Waals surface area (Å²) in [6.07, 6.45) is 1.95. The zero-order chi connectivity index (χ0) is 12.7. The number of carboxylic acids is 1.